The van der Waals surface area contributed by atoms with Gasteiger partial charge in [0.25, 0.3) is 0 Å². The highest BCUT2D eigenvalue weighted by molar-refractivity contribution is 5.81. The van der Waals surface area contributed by atoms with E-state index in [2.05, 4.69) is 5.10 Å². The van der Waals surface area contributed by atoms with Crippen LogP contribution in [0.2, 0.25) is 0 Å². The zero-order valence-electron chi connectivity index (χ0n) is 9.56. The van der Waals surface area contributed by atoms with Gasteiger partial charge in [-0.25, -0.2) is 0 Å². The fourth-order valence-electron chi connectivity index (χ4n) is 2.39. The zero-order valence-corrected chi connectivity index (χ0v) is 9.56. The third-order valence-corrected chi connectivity index (χ3v) is 3.28. The van der Waals surface area contributed by atoms with Crippen molar-refractivity contribution in [2.75, 3.05) is 13.2 Å². The predicted octanol–water partition coefficient (Wildman–Crippen LogP) is 0.861. The smallest absolute Gasteiger partial charge is 0.314 e. The normalized spacial score (nSPS) is 19.6. The highest BCUT2D eigenvalue weighted by Crippen LogP contribution is 2.36. The van der Waals surface area contributed by atoms with E-state index < -0.39 is 11.4 Å². The quantitative estimate of drug-likeness (QED) is 0.809. The molecule has 0 aromatic carbocycles. The van der Waals surface area contributed by atoms with Gasteiger partial charge in [0.1, 0.15) is 5.41 Å². The number of aryl methyl sites for hydroxylation is 2. The maximum Gasteiger partial charge on any atom is 0.314 e. The van der Waals surface area contributed by atoms with Gasteiger partial charge < -0.3 is 9.84 Å². The maximum absolute atomic E-state index is 11.5. The molecule has 0 saturated carbocycles. The average molecular weight is 224 g/mol. The number of aliphatic carboxylic acids is 1. The van der Waals surface area contributed by atoms with Crippen molar-refractivity contribution in [3.63, 3.8) is 0 Å². The molecule has 0 bridgehead atoms. The van der Waals surface area contributed by atoms with Crippen molar-refractivity contribution in [3.8, 4) is 0 Å². The Labute approximate surface area is 94.0 Å². The number of hydrogen-bond donors (Lipinski definition) is 1. The summed E-state index contributed by atoms with van der Waals surface area (Å²) in [6.45, 7) is 2.86. The van der Waals surface area contributed by atoms with Gasteiger partial charge in [0.2, 0.25) is 0 Å². The van der Waals surface area contributed by atoms with Crippen molar-refractivity contribution in [3.05, 3.63) is 17.5 Å². The van der Waals surface area contributed by atoms with Crippen LogP contribution in [0.15, 0.2) is 6.20 Å². The van der Waals surface area contributed by atoms with Crippen molar-refractivity contribution >= 4 is 5.97 Å². The molecule has 2 rings (SSSR count). The molecule has 1 N–H and O–H groups in total. The van der Waals surface area contributed by atoms with Crippen LogP contribution in [0.25, 0.3) is 0 Å². The Kier molecular flexibility index (Phi) is 2.71. The van der Waals surface area contributed by atoms with E-state index in [1.807, 2.05) is 20.2 Å². The summed E-state index contributed by atoms with van der Waals surface area (Å²) in [4.78, 5) is 11.5. The van der Waals surface area contributed by atoms with Crippen molar-refractivity contribution in [1.29, 1.82) is 0 Å². The van der Waals surface area contributed by atoms with Crippen molar-refractivity contribution in [2.24, 2.45) is 7.05 Å². The predicted molar refractivity (Wildman–Crippen MR) is 57.3 cm³/mol. The van der Waals surface area contributed by atoms with Gasteiger partial charge in [-0.2, -0.15) is 5.10 Å². The molecule has 1 aliphatic heterocycles. The number of carbonyl (C=O) groups is 1. The zero-order chi connectivity index (χ0) is 11.8. The molecule has 1 aromatic heterocycles. The van der Waals surface area contributed by atoms with Crippen LogP contribution in [0, 0.1) is 6.92 Å². The molecule has 1 aliphatic rings. The van der Waals surface area contributed by atoms with Crippen LogP contribution in [-0.2, 0) is 22.0 Å². The van der Waals surface area contributed by atoms with Crippen LogP contribution in [-0.4, -0.2) is 34.1 Å². The Balaban J connectivity index is 2.46. The first kappa shape index (κ1) is 11.1. The number of nitrogens with zero attached hydrogens (tertiary/aromatic N) is 2. The van der Waals surface area contributed by atoms with E-state index in [1.165, 1.54) is 0 Å². The standard InChI is InChI=1S/C11H16N2O3/c1-8-9(7-13(2)12-8)11(10(14)15)3-5-16-6-4-11/h7H,3-6H2,1-2H3,(H,14,15). The maximum atomic E-state index is 11.5. The van der Waals surface area contributed by atoms with Crippen LogP contribution in [0.1, 0.15) is 24.1 Å². The van der Waals surface area contributed by atoms with E-state index in [1.54, 1.807) is 4.68 Å². The van der Waals surface area contributed by atoms with E-state index in [-0.39, 0.29) is 0 Å². The minimum absolute atomic E-state index is 0.501. The molecule has 88 valence electrons. The molecule has 2 heterocycles. The first-order valence-corrected chi connectivity index (χ1v) is 5.38. The highest BCUT2D eigenvalue weighted by atomic mass is 16.5. The van der Waals surface area contributed by atoms with E-state index in [0.717, 1.165) is 11.3 Å². The number of hydrogen-bond acceptors (Lipinski definition) is 3. The van der Waals surface area contributed by atoms with Crippen molar-refractivity contribution < 1.29 is 14.6 Å². The number of ether oxygens (including phenoxy) is 1. The molecule has 0 atom stereocenters. The summed E-state index contributed by atoms with van der Waals surface area (Å²) in [5.41, 5.74) is 0.814. The second kappa shape index (κ2) is 3.90. The Morgan fingerprint density at radius 1 is 1.56 bits per heavy atom. The minimum Gasteiger partial charge on any atom is -0.481 e. The molecular formula is C11H16N2O3. The van der Waals surface area contributed by atoms with Crippen LogP contribution in [0.4, 0.5) is 0 Å². The van der Waals surface area contributed by atoms with E-state index in [4.69, 9.17) is 4.74 Å². The number of aromatic nitrogens is 2. The SMILES string of the molecule is Cc1nn(C)cc1C1(C(=O)O)CCOCC1. The molecule has 5 nitrogen and oxygen atoms in total. The minimum atomic E-state index is -0.809. The molecular weight excluding hydrogens is 208 g/mol. The lowest BCUT2D eigenvalue weighted by atomic mass is 9.74. The Hall–Kier alpha value is -1.36. The molecule has 1 saturated heterocycles. The Morgan fingerprint density at radius 3 is 2.62 bits per heavy atom. The number of rotatable bonds is 2. The molecule has 5 heteroatoms. The van der Waals surface area contributed by atoms with Gasteiger partial charge >= 0.3 is 5.97 Å². The Bertz CT molecular complexity index is 405. The molecule has 0 spiro atoms. The van der Waals surface area contributed by atoms with Gasteiger partial charge in [-0.1, -0.05) is 0 Å². The molecule has 16 heavy (non-hydrogen) atoms. The summed E-state index contributed by atoms with van der Waals surface area (Å²) < 4.78 is 6.92. The molecule has 1 fully saturated rings. The molecule has 0 radical (unpaired) electrons. The lowest BCUT2D eigenvalue weighted by molar-refractivity contribution is -0.147. The molecule has 0 unspecified atom stereocenters. The average Bonchev–Trinajstić information content (AvgIpc) is 2.59. The van der Waals surface area contributed by atoms with Crippen molar-refractivity contribution in [2.45, 2.75) is 25.2 Å². The lowest BCUT2D eigenvalue weighted by Gasteiger charge is -2.32. The largest absolute Gasteiger partial charge is 0.481 e. The third kappa shape index (κ3) is 1.61. The topological polar surface area (TPSA) is 64.4 Å². The van der Waals surface area contributed by atoms with Crippen LogP contribution < -0.4 is 0 Å². The highest BCUT2D eigenvalue weighted by Gasteiger charge is 2.43. The van der Waals surface area contributed by atoms with E-state index >= 15 is 0 Å². The van der Waals surface area contributed by atoms with Gasteiger partial charge in [0.05, 0.1) is 5.69 Å². The summed E-state index contributed by atoms with van der Waals surface area (Å²) in [7, 11) is 1.81. The van der Waals surface area contributed by atoms with E-state index in [0.29, 0.717) is 26.1 Å². The van der Waals surface area contributed by atoms with Crippen LogP contribution in [0.3, 0.4) is 0 Å². The van der Waals surface area contributed by atoms with Gasteiger partial charge in [-0.3, -0.25) is 9.48 Å². The molecule has 0 aliphatic carbocycles. The van der Waals surface area contributed by atoms with E-state index in [9.17, 15) is 9.90 Å². The van der Waals surface area contributed by atoms with Gasteiger partial charge in [-0.15, -0.1) is 0 Å². The fraction of sp³-hybridized carbons (Fsp3) is 0.636. The lowest BCUT2D eigenvalue weighted by Crippen LogP contribution is -2.41. The number of carboxylic acids is 1. The fourth-order valence-corrected chi connectivity index (χ4v) is 2.39. The first-order chi connectivity index (χ1) is 7.56. The third-order valence-electron chi connectivity index (χ3n) is 3.28. The second-order valence-electron chi connectivity index (χ2n) is 4.30. The summed E-state index contributed by atoms with van der Waals surface area (Å²) in [5, 5.41) is 13.7. The summed E-state index contributed by atoms with van der Waals surface area (Å²) in [5.74, 6) is -0.771. The van der Waals surface area contributed by atoms with Crippen LogP contribution in [0.5, 0.6) is 0 Å². The first-order valence-electron chi connectivity index (χ1n) is 5.38. The van der Waals surface area contributed by atoms with Gasteiger partial charge in [0, 0.05) is 32.0 Å². The van der Waals surface area contributed by atoms with Crippen LogP contribution >= 0.6 is 0 Å². The van der Waals surface area contributed by atoms with Gasteiger partial charge in [0.15, 0.2) is 0 Å². The second-order valence-corrected chi connectivity index (χ2v) is 4.30. The Morgan fingerprint density at radius 2 is 2.19 bits per heavy atom. The summed E-state index contributed by atoms with van der Waals surface area (Å²) in [6, 6.07) is 0. The summed E-state index contributed by atoms with van der Waals surface area (Å²) >= 11 is 0. The number of carboxylic acid groups (broad SMARTS) is 1. The van der Waals surface area contributed by atoms with Gasteiger partial charge in [-0.05, 0) is 19.8 Å². The molecule has 1 aromatic rings. The molecule has 0 amide bonds. The van der Waals surface area contributed by atoms with Crippen molar-refractivity contribution in [1.82, 2.24) is 9.78 Å². The monoisotopic (exact) mass is 224 g/mol. The summed E-state index contributed by atoms with van der Waals surface area (Å²) in [6.07, 6.45) is 2.86.